The van der Waals surface area contributed by atoms with Gasteiger partial charge in [0, 0.05) is 24.8 Å². The highest BCUT2D eigenvalue weighted by atomic mass is 32.2. The van der Waals surface area contributed by atoms with E-state index in [1.54, 1.807) is 44.5 Å². The number of rotatable bonds is 9. The van der Waals surface area contributed by atoms with E-state index in [1.807, 2.05) is 6.92 Å². The van der Waals surface area contributed by atoms with E-state index in [0.29, 0.717) is 29.0 Å². The minimum atomic E-state index is -3.93. The second kappa shape index (κ2) is 9.65. The summed E-state index contributed by atoms with van der Waals surface area (Å²) in [5.74, 6) is -0.381. The Morgan fingerprint density at radius 1 is 1.13 bits per heavy atom. The Bertz CT molecular complexity index is 1070. The number of nitrogens with zero attached hydrogens (tertiary/aromatic N) is 2. The van der Waals surface area contributed by atoms with Gasteiger partial charge in [0.1, 0.15) is 11.4 Å². The molecular weight excluding hydrogens is 420 g/mol. The predicted octanol–water partition coefficient (Wildman–Crippen LogP) is 3.11. The van der Waals surface area contributed by atoms with Crippen LogP contribution in [0.3, 0.4) is 0 Å². The average molecular weight is 451 g/mol. The predicted molar refractivity (Wildman–Crippen MR) is 117 cm³/mol. The summed E-state index contributed by atoms with van der Waals surface area (Å²) in [6, 6.07) is 5.09. The molecule has 0 N–H and O–H groups in total. The van der Waals surface area contributed by atoms with Crippen LogP contribution in [-0.4, -0.2) is 55.8 Å². The molecule has 31 heavy (non-hydrogen) atoms. The van der Waals surface area contributed by atoms with Crippen LogP contribution in [0.5, 0.6) is 5.75 Å². The number of carbonyl (C=O) groups excluding carboxylic acids is 2. The topological polar surface area (TPSA) is 94.9 Å². The lowest BCUT2D eigenvalue weighted by molar-refractivity contribution is 0.0588. The van der Waals surface area contributed by atoms with Crippen molar-refractivity contribution in [3.63, 3.8) is 0 Å². The van der Waals surface area contributed by atoms with Gasteiger partial charge in [-0.15, -0.1) is 0 Å². The molecule has 0 bridgehead atoms. The molecule has 1 aromatic heterocycles. The Labute approximate surface area is 183 Å². The summed E-state index contributed by atoms with van der Waals surface area (Å²) in [5, 5.41) is 0. The summed E-state index contributed by atoms with van der Waals surface area (Å²) in [6.07, 6.45) is 0.535. The molecule has 0 spiro atoms. The number of hydrogen-bond acceptors (Lipinski definition) is 6. The Hall–Kier alpha value is -2.65. The third-order valence-corrected chi connectivity index (χ3v) is 7.46. The molecule has 1 heterocycles. The molecular formula is C22H30N2O6S. The highest BCUT2D eigenvalue weighted by molar-refractivity contribution is 7.89. The van der Waals surface area contributed by atoms with Crippen molar-refractivity contribution in [2.24, 2.45) is 7.05 Å². The molecule has 170 valence electrons. The standard InChI is InChI=1S/C22H30N2O6S/c1-8-13-24(31(27,28)18-11-9-17(29-6)10-12-18)16(4)21(25)19-14(2)20(22(26)30-7)23(5)15(19)3/h9-12,16H,8,13H2,1-7H3. The number of Topliss-reactive ketones (excluding diaryl/α,β-unsaturated/α-hetero) is 1. The molecule has 1 atom stereocenters. The molecule has 1 aromatic carbocycles. The number of ketones is 1. The number of hydrogen-bond donors (Lipinski definition) is 0. The highest BCUT2D eigenvalue weighted by Gasteiger charge is 2.36. The van der Waals surface area contributed by atoms with Gasteiger partial charge in [-0.2, -0.15) is 4.31 Å². The summed E-state index contributed by atoms with van der Waals surface area (Å²) in [7, 11) is 0.520. The van der Waals surface area contributed by atoms with Gasteiger partial charge in [-0.25, -0.2) is 13.2 Å². The van der Waals surface area contributed by atoms with Gasteiger partial charge >= 0.3 is 5.97 Å². The molecule has 0 aliphatic carbocycles. The summed E-state index contributed by atoms with van der Waals surface area (Å²) in [4.78, 5) is 25.7. The molecule has 0 radical (unpaired) electrons. The Morgan fingerprint density at radius 2 is 1.71 bits per heavy atom. The zero-order chi connectivity index (χ0) is 23.5. The van der Waals surface area contributed by atoms with E-state index in [9.17, 15) is 18.0 Å². The second-order valence-electron chi connectivity index (χ2n) is 7.32. The lowest BCUT2D eigenvalue weighted by Crippen LogP contribution is -2.44. The van der Waals surface area contributed by atoms with Gasteiger partial charge in [0.25, 0.3) is 0 Å². The van der Waals surface area contributed by atoms with Crippen molar-refractivity contribution in [3.8, 4) is 5.75 Å². The van der Waals surface area contributed by atoms with E-state index < -0.39 is 22.0 Å². The molecule has 0 aliphatic heterocycles. The van der Waals surface area contributed by atoms with Crippen molar-refractivity contribution in [2.45, 2.75) is 45.1 Å². The van der Waals surface area contributed by atoms with E-state index in [1.165, 1.54) is 30.7 Å². The summed E-state index contributed by atoms with van der Waals surface area (Å²) in [6.45, 7) is 6.99. The molecule has 1 unspecified atom stereocenters. The molecule has 0 saturated heterocycles. The first-order valence-electron chi connectivity index (χ1n) is 9.97. The Morgan fingerprint density at radius 3 is 2.19 bits per heavy atom. The largest absolute Gasteiger partial charge is 0.497 e. The number of aromatic nitrogens is 1. The van der Waals surface area contributed by atoms with Crippen molar-refractivity contribution in [1.29, 1.82) is 0 Å². The van der Waals surface area contributed by atoms with Gasteiger partial charge in [0.15, 0.2) is 5.78 Å². The maximum absolute atomic E-state index is 13.5. The maximum Gasteiger partial charge on any atom is 0.354 e. The van der Waals surface area contributed by atoms with Crippen LogP contribution >= 0.6 is 0 Å². The second-order valence-corrected chi connectivity index (χ2v) is 9.21. The Balaban J connectivity index is 2.51. The first-order valence-corrected chi connectivity index (χ1v) is 11.4. The highest BCUT2D eigenvalue weighted by Crippen LogP contribution is 2.27. The van der Waals surface area contributed by atoms with E-state index in [4.69, 9.17) is 9.47 Å². The van der Waals surface area contributed by atoms with Crippen LogP contribution in [0.4, 0.5) is 0 Å². The van der Waals surface area contributed by atoms with Crippen molar-refractivity contribution < 1.29 is 27.5 Å². The van der Waals surface area contributed by atoms with Crippen LogP contribution in [0, 0.1) is 13.8 Å². The van der Waals surface area contributed by atoms with Crippen LogP contribution in [0.2, 0.25) is 0 Å². The van der Waals surface area contributed by atoms with Gasteiger partial charge in [-0.05, 0) is 57.0 Å². The van der Waals surface area contributed by atoms with Crippen LogP contribution < -0.4 is 4.74 Å². The fourth-order valence-corrected chi connectivity index (χ4v) is 5.38. The number of benzene rings is 1. The number of ether oxygens (including phenoxy) is 2. The zero-order valence-electron chi connectivity index (χ0n) is 19.1. The summed E-state index contributed by atoms with van der Waals surface area (Å²) >= 11 is 0. The van der Waals surface area contributed by atoms with Crippen LogP contribution in [0.1, 0.15) is 52.4 Å². The van der Waals surface area contributed by atoms with Gasteiger partial charge in [0.05, 0.1) is 25.2 Å². The summed E-state index contributed by atoms with van der Waals surface area (Å²) in [5.41, 5.74) is 1.66. The molecule has 9 heteroatoms. The number of esters is 1. The minimum absolute atomic E-state index is 0.0816. The number of carbonyl (C=O) groups is 2. The van der Waals surface area contributed by atoms with Crippen molar-refractivity contribution >= 4 is 21.8 Å². The van der Waals surface area contributed by atoms with Gasteiger partial charge in [-0.1, -0.05) is 6.92 Å². The average Bonchev–Trinajstić information content (AvgIpc) is 2.98. The van der Waals surface area contributed by atoms with Gasteiger partial charge < -0.3 is 14.0 Å². The fourth-order valence-electron chi connectivity index (χ4n) is 3.69. The normalized spacial score (nSPS) is 12.6. The molecule has 0 saturated carbocycles. The molecule has 8 nitrogen and oxygen atoms in total. The minimum Gasteiger partial charge on any atom is -0.497 e. The van der Waals surface area contributed by atoms with Crippen LogP contribution in [0.25, 0.3) is 0 Å². The number of sulfonamides is 1. The van der Waals surface area contributed by atoms with E-state index in [0.717, 1.165) is 0 Å². The third kappa shape index (κ3) is 4.52. The quantitative estimate of drug-likeness (QED) is 0.430. The van der Waals surface area contributed by atoms with E-state index in [-0.39, 0.29) is 22.9 Å². The molecule has 0 fully saturated rings. The van der Waals surface area contributed by atoms with Crippen molar-refractivity contribution in [3.05, 3.63) is 46.8 Å². The molecule has 2 rings (SSSR count). The third-order valence-electron chi connectivity index (χ3n) is 5.48. The SMILES string of the molecule is CCCN(C(C)C(=O)c1c(C)c(C(=O)OC)n(C)c1C)S(=O)(=O)c1ccc(OC)cc1. The van der Waals surface area contributed by atoms with Crippen molar-refractivity contribution in [2.75, 3.05) is 20.8 Å². The van der Waals surface area contributed by atoms with Gasteiger partial charge in [0.2, 0.25) is 10.0 Å². The van der Waals surface area contributed by atoms with Crippen molar-refractivity contribution in [1.82, 2.24) is 8.87 Å². The smallest absolute Gasteiger partial charge is 0.354 e. The lowest BCUT2D eigenvalue weighted by atomic mass is 10.0. The van der Waals surface area contributed by atoms with E-state index in [2.05, 4.69) is 0 Å². The lowest BCUT2D eigenvalue weighted by Gasteiger charge is -2.27. The van der Waals surface area contributed by atoms with Crippen LogP contribution in [0.15, 0.2) is 29.2 Å². The Kier molecular flexibility index (Phi) is 7.67. The van der Waals surface area contributed by atoms with Crippen LogP contribution in [-0.2, 0) is 21.8 Å². The molecule has 0 aliphatic rings. The monoisotopic (exact) mass is 450 g/mol. The van der Waals surface area contributed by atoms with Gasteiger partial charge in [-0.3, -0.25) is 4.79 Å². The molecule has 0 amide bonds. The maximum atomic E-state index is 13.5. The first kappa shape index (κ1) is 24.6. The zero-order valence-corrected chi connectivity index (χ0v) is 19.9. The fraction of sp³-hybridized carbons (Fsp3) is 0.455. The summed E-state index contributed by atoms with van der Waals surface area (Å²) < 4.78 is 39.4. The first-order chi connectivity index (χ1) is 14.5. The van der Waals surface area contributed by atoms with E-state index >= 15 is 0 Å². The molecule has 2 aromatic rings. The number of methoxy groups -OCH3 is 2.